The highest BCUT2D eigenvalue weighted by molar-refractivity contribution is 5.63. The molecule has 2 aromatic heterocycles. The van der Waals surface area contributed by atoms with Crippen molar-refractivity contribution in [1.82, 2.24) is 24.8 Å². The zero-order valence-electron chi connectivity index (χ0n) is 17.9. The Morgan fingerprint density at radius 3 is 2.59 bits per heavy atom. The number of benzene rings is 2. The van der Waals surface area contributed by atoms with Crippen LogP contribution in [-0.2, 0) is 19.6 Å². The van der Waals surface area contributed by atoms with Crippen LogP contribution in [0.2, 0.25) is 0 Å². The number of rotatable bonds is 4. The molecule has 11 heteroatoms. The van der Waals surface area contributed by atoms with Crippen molar-refractivity contribution in [2.24, 2.45) is 7.05 Å². The van der Waals surface area contributed by atoms with Crippen molar-refractivity contribution in [3.63, 3.8) is 0 Å². The molecule has 8 nitrogen and oxygen atoms in total. The lowest BCUT2D eigenvalue weighted by atomic mass is 10.1. The lowest BCUT2D eigenvalue weighted by Crippen LogP contribution is -2.30. The first-order chi connectivity index (χ1) is 16.2. The van der Waals surface area contributed by atoms with Crippen LogP contribution >= 0.6 is 0 Å². The maximum atomic E-state index is 13.0. The second kappa shape index (κ2) is 8.10. The number of fused-ring (bicyclic) bond motifs is 1. The normalized spacial score (nSPS) is 17.6. The minimum Gasteiger partial charge on any atom is -0.390 e. The van der Waals surface area contributed by atoms with E-state index in [-0.39, 0.29) is 5.69 Å². The monoisotopic (exact) mass is 468 g/mol. The summed E-state index contributed by atoms with van der Waals surface area (Å²) < 4.78 is 41.1. The molecule has 0 amide bonds. The maximum Gasteiger partial charge on any atom is 0.416 e. The number of alkyl halides is 3. The van der Waals surface area contributed by atoms with Crippen molar-refractivity contribution < 1.29 is 18.3 Å². The zero-order chi connectivity index (χ0) is 24.0. The van der Waals surface area contributed by atoms with Gasteiger partial charge in [0, 0.05) is 19.0 Å². The molecule has 0 aliphatic heterocycles. The second-order valence-corrected chi connectivity index (χ2v) is 8.05. The average Bonchev–Trinajstić information content (AvgIpc) is 3.41. The molecule has 0 spiro atoms. The molecule has 2 N–H and O–H groups in total. The van der Waals surface area contributed by atoms with Gasteiger partial charge in [-0.2, -0.15) is 18.3 Å². The number of aliphatic hydroxyl groups excluding tert-OH is 1. The van der Waals surface area contributed by atoms with Gasteiger partial charge in [0.2, 0.25) is 0 Å². The van der Waals surface area contributed by atoms with E-state index in [1.54, 1.807) is 0 Å². The van der Waals surface area contributed by atoms with Crippen LogP contribution in [0.25, 0.3) is 16.9 Å². The van der Waals surface area contributed by atoms with Gasteiger partial charge in [-0.25, -0.2) is 9.36 Å². The van der Waals surface area contributed by atoms with Crippen molar-refractivity contribution in [2.75, 3.05) is 5.32 Å². The summed E-state index contributed by atoms with van der Waals surface area (Å²) in [6.45, 7) is 0. The summed E-state index contributed by atoms with van der Waals surface area (Å²) in [5.41, 5.74) is 1.92. The second-order valence-electron chi connectivity index (χ2n) is 8.05. The van der Waals surface area contributed by atoms with E-state index in [0.29, 0.717) is 23.4 Å². The van der Waals surface area contributed by atoms with Gasteiger partial charge in [0.05, 0.1) is 30.1 Å². The number of aryl methyl sites for hydroxylation is 1. The van der Waals surface area contributed by atoms with Crippen molar-refractivity contribution in [2.45, 2.75) is 24.7 Å². The molecule has 2 heterocycles. The van der Waals surface area contributed by atoms with Crippen LogP contribution in [0, 0.1) is 0 Å². The van der Waals surface area contributed by atoms with E-state index >= 15 is 0 Å². The molecule has 0 unspecified atom stereocenters. The summed E-state index contributed by atoms with van der Waals surface area (Å²) >= 11 is 0. The molecule has 2 atom stereocenters. The molecule has 4 aromatic rings. The molecule has 1 aliphatic carbocycles. The number of halogens is 3. The van der Waals surface area contributed by atoms with Crippen LogP contribution in [0.15, 0.2) is 65.7 Å². The molecule has 0 saturated heterocycles. The summed E-state index contributed by atoms with van der Waals surface area (Å²) in [6, 6.07) is 11.6. The van der Waals surface area contributed by atoms with Crippen LogP contribution < -0.4 is 10.9 Å². The van der Waals surface area contributed by atoms with Gasteiger partial charge in [-0.1, -0.05) is 41.6 Å². The predicted molar refractivity (Wildman–Crippen MR) is 117 cm³/mol. The van der Waals surface area contributed by atoms with Gasteiger partial charge in [-0.3, -0.25) is 4.79 Å². The molecule has 0 radical (unpaired) electrons. The largest absolute Gasteiger partial charge is 0.416 e. The Morgan fingerprint density at radius 1 is 1.12 bits per heavy atom. The Balaban J connectivity index is 1.51. The number of aromatic nitrogens is 5. The fourth-order valence-electron chi connectivity index (χ4n) is 4.09. The Morgan fingerprint density at radius 2 is 1.85 bits per heavy atom. The van der Waals surface area contributed by atoms with Gasteiger partial charge < -0.3 is 10.4 Å². The van der Waals surface area contributed by atoms with Crippen LogP contribution in [0.1, 0.15) is 22.7 Å². The summed E-state index contributed by atoms with van der Waals surface area (Å²) in [5, 5.41) is 26.0. The van der Waals surface area contributed by atoms with Crippen LogP contribution in [-0.4, -0.2) is 36.0 Å². The molecule has 174 valence electrons. The van der Waals surface area contributed by atoms with E-state index in [1.807, 2.05) is 24.3 Å². The van der Waals surface area contributed by atoms with Crippen LogP contribution in [0.4, 0.5) is 18.9 Å². The highest BCUT2D eigenvalue weighted by Gasteiger charge is 2.32. The van der Waals surface area contributed by atoms with Gasteiger partial charge in [-0.15, -0.1) is 5.10 Å². The molecule has 1 aliphatic rings. The van der Waals surface area contributed by atoms with Crippen LogP contribution in [0.5, 0.6) is 0 Å². The standard InChI is InChI=1S/C23H19F3N6O2/c1-31-22(34)21(28-20-16-5-3-2-4-14(16)10-19(20)33)18(11-27-31)32-12-17(29-30-32)13-6-8-15(9-7-13)23(24,25)26/h2-9,11-12,19-20,28,33H,10H2,1H3/t19-,20+/m1/s1. The fourth-order valence-corrected chi connectivity index (χ4v) is 4.09. The predicted octanol–water partition coefficient (Wildman–Crippen LogP) is 3.12. The number of hydrogen-bond acceptors (Lipinski definition) is 6. The first-order valence-corrected chi connectivity index (χ1v) is 10.4. The SMILES string of the molecule is Cn1ncc(-n2cc(-c3ccc(C(F)(F)F)cc3)nn2)c(N[C@H]2c3ccccc3C[C@H]2O)c1=O. The van der Waals surface area contributed by atoms with Crippen LogP contribution in [0.3, 0.4) is 0 Å². The van der Waals surface area contributed by atoms with Gasteiger partial charge in [0.15, 0.2) is 0 Å². The lowest BCUT2D eigenvalue weighted by Gasteiger charge is -2.20. The molecule has 0 bridgehead atoms. The van der Waals surface area contributed by atoms with Gasteiger partial charge in [-0.05, 0) is 23.3 Å². The van der Waals surface area contributed by atoms with Crippen molar-refractivity contribution >= 4 is 5.69 Å². The number of nitrogens with zero attached hydrogens (tertiary/aromatic N) is 5. The van der Waals surface area contributed by atoms with E-state index in [4.69, 9.17) is 0 Å². The zero-order valence-corrected chi connectivity index (χ0v) is 17.9. The third-order valence-electron chi connectivity index (χ3n) is 5.87. The topological polar surface area (TPSA) is 97.9 Å². The molecular weight excluding hydrogens is 449 g/mol. The molecular formula is C23H19F3N6O2. The number of aliphatic hydroxyl groups is 1. The molecule has 5 rings (SSSR count). The first-order valence-electron chi connectivity index (χ1n) is 10.4. The average molecular weight is 468 g/mol. The first kappa shape index (κ1) is 21.8. The third-order valence-corrected chi connectivity index (χ3v) is 5.87. The smallest absolute Gasteiger partial charge is 0.390 e. The fraction of sp³-hybridized carbons (Fsp3) is 0.217. The summed E-state index contributed by atoms with van der Waals surface area (Å²) in [7, 11) is 1.51. The van der Waals surface area contributed by atoms with Crippen molar-refractivity contribution in [3.8, 4) is 16.9 Å². The number of hydrogen-bond donors (Lipinski definition) is 2. The third kappa shape index (κ3) is 3.83. The Labute approximate surface area is 191 Å². The van der Waals surface area contributed by atoms with E-state index in [1.165, 1.54) is 36.3 Å². The van der Waals surface area contributed by atoms with Crippen molar-refractivity contribution in [3.05, 3.63) is 88.0 Å². The quantitative estimate of drug-likeness (QED) is 0.478. The summed E-state index contributed by atoms with van der Waals surface area (Å²) in [6.07, 6.45) is -1.78. The maximum absolute atomic E-state index is 13.0. The lowest BCUT2D eigenvalue weighted by molar-refractivity contribution is -0.137. The van der Waals surface area contributed by atoms with Gasteiger partial charge in [0.25, 0.3) is 5.56 Å². The van der Waals surface area contributed by atoms with Gasteiger partial charge >= 0.3 is 6.18 Å². The highest BCUT2D eigenvalue weighted by atomic mass is 19.4. The molecule has 34 heavy (non-hydrogen) atoms. The van der Waals surface area contributed by atoms with E-state index in [0.717, 1.165) is 27.9 Å². The number of nitrogens with one attached hydrogen (secondary N) is 1. The number of anilines is 1. The molecule has 0 saturated carbocycles. The van der Waals surface area contributed by atoms with E-state index < -0.39 is 29.4 Å². The van der Waals surface area contributed by atoms with Gasteiger partial charge in [0.1, 0.15) is 17.1 Å². The summed E-state index contributed by atoms with van der Waals surface area (Å²) in [5.74, 6) is 0. The van der Waals surface area contributed by atoms with E-state index in [9.17, 15) is 23.1 Å². The Bertz CT molecular complexity index is 1410. The molecule has 2 aromatic carbocycles. The van der Waals surface area contributed by atoms with Crippen molar-refractivity contribution in [1.29, 1.82) is 0 Å². The van der Waals surface area contributed by atoms with E-state index in [2.05, 4.69) is 20.7 Å². The summed E-state index contributed by atoms with van der Waals surface area (Å²) in [4.78, 5) is 13.0. The molecule has 0 fully saturated rings. The Hall–Kier alpha value is -3.99. The minimum atomic E-state index is -4.43. The minimum absolute atomic E-state index is 0.169. The highest BCUT2D eigenvalue weighted by Crippen LogP contribution is 2.35. The Kier molecular flexibility index (Phi) is 5.20.